The Labute approximate surface area is 144 Å². The molecule has 1 saturated heterocycles. The number of aryl methyl sites for hydroxylation is 1. The van der Waals surface area contributed by atoms with E-state index in [2.05, 4.69) is 6.92 Å². The van der Waals surface area contributed by atoms with Crippen LogP contribution in [0.1, 0.15) is 57.4 Å². The first-order valence-electron chi connectivity index (χ1n) is 8.97. The lowest BCUT2D eigenvalue weighted by molar-refractivity contribution is 0.184. The summed E-state index contributed by atoms with van der Waals surface area (Å²) in [6, 6.07) is 7.38. The molecule has 1 fully saturated rings. The number of phosphoric acid groups is 1. The Balaban J connectivity index is 1.75. The van der Waals surface area contributed by atoms with Crippen LogP contribution in [0.15, 0.2) is 24.3 Å². The highest BCUT2D eigenvalue weighted by Crippen LogP contribution is 2.45. The van der Waals surface area contributed by atoms with Gasteiger partial charge >= 0.3 is 7.82 Å². The fourth-order valence-corrected chi connectivity index (χ4v) is 3.40. The van der Waals surface area contributed by atoms with Crippen LogP contribution >= 0.6 is 7.82 Å². The molecule has 2 unspecified atom stereocenters. The number of rotatable bonds is 13. The quantitative estimate of drug-likeness (QED) is 0.310. The topological polar surface area (TPSA) is 68.3 Å². The third-order valence-electron chi connectivity index (χ3n) is 4.06. The number of para-hydroxylation sites is 1. The van der Waals surface area contributed by atoms with Gasteiger partial charge in [-0.1, -0.05) is 63.6 Å². The number of unbranched alkanes of at least 4 members (excludes halogenated alkanes) is 6. The monoisotopic (exact) mass is 356 g/mol. The van der Waals surface area contributed by atoms with E-state index >= 15 is 0 Å². The zero-order chi connectivity index (χ0) is 17.3. The van der Waals surface area contributed by atoms with Crippen molar-refractivity contribution < 1.29 is 23.2 Å². The van der Waals surface area contributed by atoms with Gasteiger partial charge in [0, 0.05) is 0 Å². The summed E-state index contributed by atoms with van der Waals surface area (Å²) in [5, 5.41) is 0. The number of ether oxygens (including phenoxy) is 1. The number of hydrogen-bond donors (Lipinski definition) is 1. The van der Waals surface area contributed by atoms with Crippen LogP contribution in [0.5, 0.6) is 5.75 Å². The van der Waals surface area contributed by atoms with E-state index in [9.17, 15) is 9.46 Å². The molecule has 0 aromatic heterocycles. The van der Waals surface area contributed by atoms with E-state index < -0.39 is 7.82 Å². The molecule has 1 N–H and O–H groups in total. The Morgan fingerprint density at radius 2 is 1.83 bits per heavy atom. The van der Waals surface area contributed by atoms with E-state index in [-0.39, 0.29) is 12.7 Å². The van der Waals surface area contributed by atoms with Gasteiger partial charge in [-0.2, -0.15) is 0 Å². The van der Waals surface area contributed by atoms with Gasteiger partial charge in [-0.3, -0.25) is 9.42 Å². The Hall–Kier alpha value is -0.870. The Morgan fingerprint density at radius 1 is 1.17 bits per heavy atom. The van der Waals surface area contributed by atoms with Gasteiger partial charge in [-0.15, -0.1) is 0 Å². The molecule has 1 aliphatic heterocycles. The number of benzene rings is 1. The van der Waals surface area contributed by atoms with Gasteiger partial charge in [-0.05, 0) is 24.5 Å². The maximum atomic E-state index is 12.0. The minimum Gasteiger partial charge on any atom is -0.404 e. The van der Waals surface area contributed by atoms with Crippen molar-refractivity contribution in [1.29, 1.82) is 0 Å². The van der Waals surface area contributed by atoms with Crippen molar-refractivity contribution in [2.75, 3.05) is 13.2 Å². The maximum absolute atomic E-state index is 12.0. The second-order valence-electron chi connectivity index (χ2n) is 6.29. The van der Waals surface area contributed by atoms with Gasteiger partial charge in [0.2, 0.25) is 0 Å². The Morgan fingerprint density at radius 3 is 2.54 bits per heavy atom. The summed E-state index contributed by atoms with van der Waals surface area (Å²) in [4.78, 5) is 9.82. The first kappa shape index (κ1) is 19.5. The number of epoxide rings is 1. The van der Waals surface area contributed by atoms with Gasteiger partial charge < -0.3 is 9.26 Å². The zero-order valence-electron chi connectivity index (χ0n) is 14.5. The molecule has 2 rings (SSSR count). The lowest BCUT2D eigenvalue weighted by atomic mass is 10.0. The van der Waals surface area contributed by atoms with Crippen molar-refractivity contribution in [3.8, 4) is 5.75 Å². The molecule has 0 saturated carbocycles. The fourth-order valence-electron chi connectivity index (χ4n) is 2.56. The maximum Gasteiger partial charge on any atom is 0.527 e. The smallest absolute Gasteiger partial charge is 0.404 e. The van der Waals surface area contributed by atoms with Crippen LogP contribution in [0.3, 0.4) is 0 Å². The summed E-state index contributed by atoms with van der Waals surface area (Å²) in [6.07, 6.45) is 9.42. The molecule has 24 heavy (non-hydrogen) atoms. The summed E-state index contributed by atoms with van der Waals surface area (Å²) in [5.41, 5.74) is 0.951. The van der Waals surface area contributed by atoms with Gasteiger partial charge in [-0.25, -0.2) is 4.57 Å². The van der Waals surface area contributed by atoms with Crippen LogP contribution in [0.2, 0.25) is 0 Å². The SMILES string of the molecule is CCCCCCCCCc1ccccc1OP(=O)(O)OCC1CO1. The molecule has 0 bridgehead atoms. The summed E-state index contributed by atoms with van der Waals surface area (Å²) in [5.74, 6) is 0.436. The third kappa shape index (κ3) is 7.80. The molecule has 5 nitrogen and oxygen atoms in total. The van der Waals surface area contributed by atoms with Crippen molar-refractivity contribution in [3.63, 3.8) is 0 Å². The van der Waals surface area contributed by atoms with Crippen LogP contribution in [-0.2, 0) is 20.2 Å². The molecule has 1 aliphatic rings. The minimum atomic E-state index is -4.09. The van der Waals surface area contributed by atoms with Crippen LogP contribution < -0.4 is 4.52 Å². The largest absolute Gasteiger partial charge is 0.527 e. The van der Waals surface area contributed by atoms with E-state index in [1.807, 2.05) is 12.1 Å². The average molecular weight is 356 g/mol. The number of hydrogen-bond acceptors (Lipinski definition) is 4. The summed E-state index contributed by atoms with van der Waals surface area (Å²) in [6.45, 7) is 2.89. The second kappa shape index (κ2) is 10.2. The molecule has 1 aromatic carbocycles. The standard InChI is InChI=1S/C18H29O5P/c1-2-3-4-5-6-7-8-11-16-12-9-10-13-18(16)23-24(19,20)22-15-17-14-21-17/h9-10,12-13,17H,2-8,11,14-15H2,1H3,(H,19,20). The summed E-state index contributed by atoms with van der Waals surface area (Å²) >= 11 is 0. The molecule has 0 radical (unpaired) electrons. The fraction of sp³-hybridized carbons (Fsp3) is 0.667. The molecule has 2 atom stereocenters. The summed E-state index contributed by atoms with van der Waals surface area (Å²) in [7, 11) is -4.09. The highest BCUT2D eigenvalue weighted by molar-refractivity contribution is 7.47. The minimum absolute atomic E-state index is 0.0722. The van der Waals surface area contributed by atoms with Crippen LogP contribution in [0.4, 0.5) is 0 Å². The van der Waals surface area contributed by atoms with E-state index in [4.69, 9.17) is 13.8 Å². The molecular weight excluding hydrogens is 327 g/mol. The average Bonchev–Trinajstić information content (AvgIpc) is 3.38. The number of phosphoric ester groups is 1. The van der Waals surface area contributed by atoms with E-state index in [0.29, 0.717) is 12.4 Å². The predicted molar refractivity (Wildman–Crippen MR) is 94.3 cm³/mol. The first-order valence-corrected chi connectivity index (χ1v) is 10.5. The first-order chi connectivity index (χ1) is 11.6. The van der Waals surface area contributed by atoms with Gasteiger partial charge in [0.25, 0.3) is 0 Å². The van der Waals surface area contributed by atoms with Crippen molar-refractivity contribution in [2.45, 2.75) is 64.4 Å². The van der Waals surface area contributed by atoms with Gasteiger partial charge in [0.1, 0.15) is 11.9 Å². The predicted octanol–water partition coefficient (Wildman–Crippen LogP) is 4.87. The molecule has 6 heteroatoms. The highest BCUT2D eigenvalue weighted by Gasteiger charge is 2.30. The van der Waals surface area contributed by atoms with Crippen LogP contribution in [0, 0.1) is 0 Å². The van der Waals surface area contributed by atoms with Gasteiger partial charge in [0.05, 0.1) is 13.2 Å². The Kier molecular flexibility index (Phi) is 8.26. The zero-order valence-corrected chi connectivity index (χ0v) is 15.4. The molecule has 0 amide bonds. The molecule has 136 valence electrons. The van der Waals surface area contributed by atoms with Crippen molar-refractivity contribution in [3.05, 3.63) is 29.8 Å². The highest BCUT2D eigenvalue weighted by atomic mass is 31.2. The lowest BCUT2D eigenvalue weighted by Crippen LogP contribution is -2.04. The normalized spacial score (nSPS) is 19.0. The van der Waals surface area contributed by atoms with Crippen molar-refractivity contribution >= 4 is 7.82 Å². The molecule has 0 spiro atoms. The molecule has 1 aromatic rings. The third-order valence-corrected chi connectivity index (χ3v) is 4.96. The van der Waals surface area contributed by atoms with E-state index in [0.717, 1.165) is 18.4 Å². The van der Waals surface area contributed by atoms with Crippen molar-refractivity contribution in [1.82, 2.24) is 0 Å². The second-order valence-corrected chi connectivity index (χ2v) is 7.67. The van der Waals surface area contributed by atoms with E-state index in [1.54, 1.807) is 12.1 Å². The molecular formula is C18H29O5P. The Bertz CT molecular complexity index is 530. The van der Waals surface area contributed by atoms with E-state index in [1.165, 1.54) is 38.5 Å². The summed E-state index contributed by atoms with van der Waals surface area (Å²) < 4.78 is 27.2. The van der Waals surface area contributed by atoms with Crippen molar-refractivity contribution in [2.24, 2.45) is 0 Å². The lowest BCUT2D eigenvalue weighted by Gasteiger charge is -2.15. The molecule has 1 heterocycles. The van der Waals surface area contributed by atoms with Crippen LogP contribution in [0.25, 0.3) is 0 Å². The van der Waals surface area contributed by atoms with Crippen LogP contribution in [-0.4, -0.2) is 24.2 Å². The molecule has 0 aliphatic carbocycles. The van der Waals surface area contributed by atoms with Gasteiger partial charge in [0.15, 0.2) is 0 Å².